The van der Waals surface area contributed by atoms with E-state index in [0.717, 1.165) is 5.56 Å². The Balaban J connectivity index is 1.53. The number of carbonyl (C=O) groups is 3. The number of nitrogens with one attached hydrogen (secondary N) is 2. The molecule has 0 spiro atoms. The minimum absolute atomic E-state index is 0.101. The SMILES string of the molecule is COC(=O)c1cccc(NC(=O)CSc2nnc(CNC(=O)c3cccc(C)c3)n2C)c1. The monoisotopic (exact) mass is 453 g/mol. The summed E-state index contributed by atoms with van der Waals surface area (Å²) in [6.07, 6.45) is 0. The molecule has 0 aliphatic heterocycles. The van der Waals surface area contributed by atoms with Gasteiger partial charge in [-0.15, -0.1) is 10.2 Å². The first-order valence-electron chi connectivity index (χ1n) is 9.71. The van der Waals surface area contributed by atoms with Crippen LogP contribution in [0.2, 0.25) is 0 Å². The number of esters is 1. The lowest BCUT2D eigenvalue weighted by Gasteiger charge is -2.08. The molecule has 1 heterocycles. The van der Waals surface area contributed by atoms with Crippen LogP contribution in [0, 0.1) is 6.92 Å². The van der Waals surface area contributed by atoms with Gasteiger partial charge in [0.15, 0.2) is 11.0 Å². The van der Waals surface area contributed by atoms with Crippen LogP contribution in [0.3, 0.4) is 0 Å². The van der Waals surface area contributed by atoms with E-state index in [4.69, 9.17) is 0 Å². The lowest BCUT2D eigenvalue weighted by atomic mass is 10.1. The van der Waals surface area contributed by atoms with E-state index in [1.807, 2.05) is 25.1 Å². The Labute approximate surface area is 189 Å². The Morgan fingerprint density at radius 1 is 1.06 bits per heavy atom. The third-order valence-electron chi connectivity index (χ3n) is 4.51. The summed E-state index contributed by atoms with van der Waals surface area (Å²) in [7, 11) is 3.07. The first-order chi connectivity index (χ1) is 15.4. The Kier molecular flexibility index (Phi) is 7.61. The van der Waals surface area contributed by atoms with Gasteiger partial charge in [-0.2, -0.15) is 0 Å². The maximum absolute atomic E-state index is 12.3. The van der Waals surface area contributed by atoms with Gasteiger partial charge in [0, 0.05) is 18.3 Å². The molecule has 0 atom stereocenters. The first-order valence-corrected chi connectivity index (χ1v) is 10.7. The van der Waals surface area contributed by atoms with Crippen molar-refractivity contribution < 1.29 is 19.1 Å². The third kappa shape index (κ3) is 5.94. The molecule has 0 bridgehead atoms. The highest BCUT2D eigenvalue weighted by Crippen LogP contribution is 2.17. The van der Waals surface area contributed by atoms with Crippen LogP contribution >= 0.6 is 11.8 Å². The quantitative estimate of drug-likeness (QED) is 0.398. The Bertz CT molecular complexity index is 1140. The van der Waals surface area contributed by atoms with E-state index in [1.54, 1.807) is 41.9 Å². The van der Waals surface area contributed by atoms with Gasteiger partial charge in [-0.25, -0.2) is 4.79 Å². The van der Waals surface area contributed by atoms with Crippen LogP contribution in [0.5, 0.6) is 0 Å². The van der Waals surface area contributed by atoms with Crippen LogP contribution in [0.1, 0.15) is 32.1 Å². The number of benzene rings is 2. The van der Waals surface area contributed by atoms with Gasteiger partial charge in [0.2, 0.25) is 5.91 Å². The summed E-state index contributed by atoms with van der Waals surface area (Å²) in [6, 6.07) is 13.8. The van der Waals surface area contributed by atoms with Gasteiger partial charge in [0.25, 0.3) is 5.91 Å². The number of nitrogens with zero attached hydrogens (tertiary/aromatic N) is 3. The maximum Gasteiger partial charge on any atom is 0.337 e. The van der Waals surface area contributed by atoms with Crippen molar-refractivity contribution in [2.45, 2.75) is 18.6 Å². The summed E-state index contributed by atoms with van der Waals surface area (Å²) in [4.78, 5) is 36.2. The Morgan fingerprint density at radius 2 is 1.81 bits per heavy atom. The summed E-state index contributed by atoms with van der Waals surface area (Å²) in [6.45, 7) is 2.14. The van der Waals surface area contributed by atoms with E-state index < -0.39 is 5.97 Å². The average Bonchev–Trinajstić information content (AvgIpc) is 3.15. The molecule has 0 saturated heterocycles. The molecule has 0 fully saturated rings. The molecule has 0 aliphatic carbocycles. The molecular weight excluding hydrogens is 430 g/mol. The second-order valence-corrected chi connectivity index (χ2v) is 7.86. The lowest BCUT2D eigenvalue weighted by Crippen LogP contribution is -2.24. The minimum atomic E-state index is -0.475. The number of hydrogen-bond acceptors (Lipinski definition) is 7. The van der Waals surface area contributed by atoms with Crippen molar-refractivity contribution in [1.29, 1.82) is 0 Å². The number of ether oxygens (including phenoxy) is 1. The van der Waals surface area contributed by atoms with Crippen LogP contribution < -0.4 is 10.6 Å². The van der Waals surface area contributed by atoms with E-state index >= 15 is 0 Å². The molecule has 0 saturated carbocycles. The second-order valence-electron chi connectivity index (χ2n) is 6.92. The Hall–Kier alpha value is -3.66. The molecule has 0 aliphatic rings. The number of anilines is 1. The number of aromatic nitrogens is 3. The molecule has 32 heavy (non-hydrogen) atoms. The highest BCUT2D eigenvalue weighted by atomic mass is 32.2. The van der Waals surface area contributed by atoms with E-state index in [0.29, 0.717) is 27.8 Å². The molecular formula is C22H23N5O4S. The molecule has 3 rings (SSSR count). The van der Waals surface area contributed by atoms with E-state index in [9.17, 15) is 14.4 Å². The number of amides is 2. The first kappa shape index (κ1) is 23.0. The van der Waals surface area contributed by atoms with Crippen molar-refractivity contribution in [2.75, 3.05) is 18.2 Å². The number of rotatable bonds is 8. The van der Waals surface area contributed by atoms with Gasteiger partial charge >= 0.3 is 5.97 Å². The molecule has 166 valence electrons. The summed E-state index contributed by atoms with van der Waals surface area (Å²) in [5, 5.41) is 14.3. The zero-order valence-electron chi connectivity index (χ0n) is 17.9. The molecule has 2 N–H and O–H groups in total. The predicted molar refractivity (Wildman–Crippen MR) is 120 cm³/mol. The van der Waals surface area contributed by atoms with Gasteiger partial charge in [-0.1, -0.05) is 35.5 Å². The lowest BCUT2D eigenvalue weighted by molar-refractivity contribution is -0.113. The van der Waals surface area contributed by atoms with Crippen LogP contribution in [0.4, 0.5) is 5.69 Å². The van der Waals surface area contributed by atoms with Crippen molar-refractivity contribution >= 4 is 35.2 Å². The fraction of sp³-hybridized carbons (Fsp3) is 0.227. The molecule has 1 aromatic heterocycles. The number of hydrogen-bond donors (Lipinski definition) is 2. The summed E-state index contributed by atoms with van der Waals surface area (Å²) in [5.41, 5.74) is 2.43. The third-order valence-corrected chi connectivity index (χ3v) is 5.53. The van der Waals surface area contributed by atoms with E-state index in [2.05, 4.69) is 25.6 Å². The second kappa shape index (κ2) is 10.6. The van der Waals surface area contributed by atoms with Gasteiger partial charge in [-0.05, 0) is 37.3 Å². The van der Waals surface area contributed by atoms with Gasteiger partial charge in [0.1, 0.15) is 0 Å². The fourth-order valence-corrected chi connectivity index (χ4v) is 3.57. The van der Waals surface area contributed by atoms with Gasteiger partial charge in [0.05, 0.1) is 25.0 Å². The van der Waals surface area contributed by atoms with Crippen LogP contribution in [-0.2, 0) is 23.1 Å². The molecule has 10 heteroatoms. The molecule has 2 aromatic carbocycles. The molecule has 0 radical (unpaired) electrons. The summed E-state index contributed by atoms with van der Waals surface area (Å²) < 4.78 is 6.41. The summed E-state index contributed by atoms with van der Waals surface area (Å²) in [5.74, 6) is -0.255. The van der Waals surface area contributed by atoms with Crippen molar-refractivity contribution in [2.24, 2.45) is 7.05 Å². The average molecular weight is 454 g/mol. The zero-order valence-corrected chi connectivity index (χ0v) is 18.7. The van der Waals surface area contributed by atoms with Crippen molar-refractivity contribution in [3.63, 3.8) is 0 Å². The molecule has 3 aromatic rings. The zero-order chi connectivity index (χ0) is 23.1. The molecule has 2 amide bonds. The van der Waals surface area contributed by atoms with Crippen molar-refractivity contribution in [1.82, 2.24) is 20.1 Å². The van der Waals surface area contributed by atoms with Gasteiger partial charge < -0.3 is 19.9 Å². The number of aryl methyl sites for hydroxylation is 1. The fourth-order valence-electron chi connectivity index (χ4n) is 2.84. The Morgan fingerprint density at radius 3 is 2.56 bits per heavy atom. The topological polar surface area (TPSA) is 115 Å². The van der Waals surface area contributed by atoms with E-state index in [1.165, 1.54) is 18.9 Å². The van der Waals surface area contributed by atoms with Crippen molar-refractivity contribution in [3.8, 4) is 0 Å². The highest BCUT2D eigenvalue weighted by Gasteiger charge is 2.14. The van der Waals surface area contributed by atoms with E-state index in [-0.39, 0.29) is 24.1 Å². The molecule has 9 nitrogen and oxygen atoms in total. The van der Waals surface area contributed by atoms with Crippen LogP contribution in [0.25, 0.3) is 0 Å². The standard InChI is InChI=1S/C22H23N5O4S/c1-14-6-4-7-15(10-14)20(29)23-12-18-25-26-22(27(18)2)32-13-19(28)24-17-9-5-8-16(11-17)21(30)31-3/h4-11H,12-13H2,1-3H3,(H,23,29)(H,24,28). The van der Waals surface area contributed by atoms with Crippen molar-refractivity contribution in [3.05, 3.63) is 71.0 Å². The minimum Gasteiger partial charge on any atom is -0.465 e. The van der Waals surface area contributed by atoms with Crippen LogP contribution in [-0.4, -0.2) is 45.4 Å². The number of carbonyl (C=O) groups excluding carboxylic acids is 3. The predicted octanol–water partition coefficient (Wildman–Crippen LogP) is 2.57. The number of methoxy groups -OCH3 is 1. The van der Waals surface area contributed by atoms with Crippen LogP contribution in [0.15, 0.2) is 53.7 Å². The normalized spacial score (nSPS) is 10.5. The number of thioether (sulfide) groups is 1. The summed E-state index contributed by atoms with van der Waals surface area (Å²) >= 11 is 1.22. The highest BCUT2D eigenvalue weighted by molar-refractivity contribution is 7.99. The smallest absolute Gasteiger partial charge is 0.337 e. The molecule has 0 unspecified atom stereocenters. The van der Waals surface area contributed by atoms with Gasteiger partial charge in [-0.3, -0.25) is 9.59 Å². The maximum atomic E-state index is 12.3. The largest absolute Gasteiger partial charge is 0.465 e.